The second-order valence-electron chi connectivity index (χ2n) is 12.6. The number of anilines is 1. The second-order valence-corrected chi connectivity index (χ2v) is 12.6. The molecule has 5 aromatic carbocycles. The van der Waals surface area contributed by atoms with Crippen LogP contribution >= 0.6 is 0 Å². The smallest absolute Gasteiger partial charge is 0.178 e. The van der Waals surface area contributed by atoms with Crippen molar-refractivity contribution >= 4 is 22.5 Å². The van der Waals surface area contributed by atoms with Crippen molar-refractivity contribution in [3.63, 3.8) is 0 Å². The molecule has 0 aromatic heterocycles. The highest BCUT2D eigenvalue weighted by atomic mass is 16.5. The molecule has 7 heteroatoms. The van der Waals surface area contributed by atoms with Gasteiger partial charge in [0.2, 0.25) is 0 Å². The van der Waals surface area contributed by atoms with Crippen LogP contribution in [0.2, 0.25) is 0 Å². The van der Waals surface area contributed by atoms with E-state index < -0.39 is 11.2 Å². The lowest BCUT2D eigenvalue weighted by atomic mass is 9.79. The van der Waals surface area contributed by atoms with Crippen LogP contribution in [0.5, 0.6) is 23.0 Å². The van der Waals surface area contributed by atoms with Gasteiger partial charge in [0.05, 0.1) is 34.5 Å². The molecule has 2 heterocycles. The van der Waals surface area contributed by atoms with Crippen molar-refractivity contribution in [3.8, 4) is 34.1 Å². The van der Waals surface area contributed by atoms with E-state index in [1.165, 1.54) is 0 Å². The number of aliphatic hydroxyl groups is 1. The topological polar surface area (TPSA) is 69.6 Å². The minimum absolute atomic E-state index is 0.503. The molecule has 5 aromatic rings. The molecule has 0 radical (unpaired) electrons. The molecule has 2 aliphatic heterocycles. The monoisotopic (exact) mass is 641 g/mol. The van der Waals surface area contributed by atoms with Crippen molar-refractivity contribution < 1.29 is 28.8 Å². The van der Waals surface area contributed by atoms with Crippen molar-refractivity contribution in [2.45, 2.75) is 24.5 Å². The Morgan fingerprint density at radius 2 is 1.44 bits per heavy atom. The van der Waals surface area contributed by atoms with Gasteiger partial charge in [-0.15, -0.1) is 0 Å². The number of morpholine rings is 1. The van der Waals surface area contributed by atoms with Gasteiger partial charge in [-0.2, -0.15) is 0 Å². The fourth-order valence-electron chi connectivity index (χ4n) is 7.80. The van der Waals surface area contributed by atoms with E-state index in [9.17, 15) is 5.11 Å². The Bertz CT molecular complexity index is 2050. The molecular formula is C41H39NO6. The van der Waals surface area contributed by atoms with Gasteiger partial charge in [0.15, 0.2) is 17.1 Å². The first kappa shape index (κ1) is 30.4. The molecule has 1 aliphatic carbocycles. The van der Waals surface area contributed by atoms with E-state index in [0.29, 0.717) is 23.7 Å². The Labute approximate surface area is 280 Å². The predicted octanol–water partition coefficient (Wildman–Crippen LogP) is 7.68. The molecule has 0 amide bonds. The summed E-state index contributed by atoms with van der Waals surface area (Å²) < 4.78 is 30.2. The highest BCUT2D eigenvalue weighted by Gasteiger charge is 2.47. The summed E-state index contributed by atoms with van der Waals surface area (Å²) in [6.45, 7) is 5.19. The molecule has 1 fully saturated rings. The van der Waals surface area contributed by atoms with E-state index in [0.717, 1.165) is 87.5 Å². The van der Waals surface area contributed by atoms with E-state index in [1.54, 1.807) is 21.3 Å². The van der Waals surface area contributed by atoms with Gasteiger partial charge in [0.25, 0.3) is 0 Å². The minimum atomic E-state index is -1.20. The van der Waals surface area contributed by atoms with Crippen molar-refractivity contribution in [2.75, 3.05) is 52.5 Å². The lowest BCUT2D eigenvalue weighted by Crippen LogP contribution is -2.37. The van der Waals surface area contributed by atoms with Gasteiger partial charge in [-0.25, -0.2) is 0 Å². The first-order chi connectivity index (χ1) is 23.5. The van der Waals surface area contributed by atoms with Crippen LogP contribution in [0.1, 0.15) is 41.2 Å². The zero-order valence-electron chi connectivity index (χ0n) is 27.7. The zero-order chi connectivity index (χ0) is 33.0. The highest BCUT2D eigenvalue weighted by molar-refractivity contribution is 6.09. The number of hydrogen-bond donors (Lipinski definition) is 1. The Morgan fingerprint density at radius 3 is 2.08 bits per heavy atom. The van der Waals surface area contributed by atoms with Gasteiger partial charge in [0.1, 0.15) is 17.1 Å². The van der Waals surface area contributed by atoms with Crippen molar-refractivity contribution in [1.82, 2.24) is 0 Å². The average Bonchev–Trinajstić information content (AvgIpc) is 3.43. The number of methoxy groups -OCH3 is 3. The van der Waals surface area contributed by atoms with Crippen LogP contribution < -0.4 is 23.8 Å². The molecule has 2 unspecified atom stereocenters. The summed E-state index contributed by atoms with van der Waals surface area (Å²) in [5, 5.41) is 14.4. The standard InChI is InChI=1S/C41H39NO6/c1-5-40(43)34-9-7-6-8-30(34)37-32-24-35(45-3)36(46-4)25-33(32)39-31(38(37)40)18-19-41(48-39,27-12-16-29(44-2)17-13-27)26-10-14-28(15-11-26)42-20-22-47-23-21-42/h6-19,24-25,43H,5,20-23H2,1-4H3. The number of fused-ring (bicyclic) bond motifs is 8. The van der Waals surface area contributed by atoms with E-state index >= 15 is 0 Å². The van der Waals surface area contributed by atoms with Crippen LogP contribution in [0.4, 0.5) is 5.69 Å². The number of hydrogen-bond acceptors (Lipinski definition) is 7. The van der Waals surface area contributed by atoms with E-state index in [1.807, 2.05) is 49.4 Å². The normalized spacial score (nSPS) is 20.9. The maximum absolute atomic E-state index is 12.6. The SMILES string of the molecule is CCC1(O)c2ccccc2-c2c1c1c(c3cc(OC)c(OC)cc23)OC(c2ccc(OC)cc2)(c2ccc(N3CCOCC3)cc2)C=C1. The molecule has 2 atom stereocenters. The third-order valence-corrected chi connectivity index (χ3v) is 10.3. The molecule has 8 rings (SSSR count). The lowest BCUT2D eigenvalue weighted by molar-refractivity contribution is 0.0801. The quantitative estimate of drug-likeness (QED) is 0.196. The van der Waals surface area contributed by atoms with Gasteiger partial charge >= 0.3 is 0 Å². The molecule has 1 N–H and O–H groups in total. The highest BCUT2D eigenvalue weighted by Crippen LogP contribution is 2.59. The maximum atomic E-state index is 12.6. The van der Waals surface area contributed by atoms with Crippen molar-refractivity contribution in [3.05, 3.63) is 119 Å². The van der Waals surface area contributed by atoms with Crippen LogP contribution in [-0.4, -0.2) is 52.7 Å². The van der Waals surface area contributed by atoms with Crippen LogP contribution in [0.15, 0.2) is 91.0 Å². The fourth-order valence-corrected chi connectivity index (χ4v) is 7.80. The third-order valence-electron chi connectivity index (χ3n) is 10.3. The zero-order valence-corrected chi connectivity index (χ0v) is 27.7. The summed E-state index contributed by atoms with van der Waals surface area (Å²) >= 11 is 0. The fraction of sp³-hybridized carbons (Fsp3) is 0.268. The van der Waals surface area contributed by atoms with Gasteiger partial charge in [-0.3, -0.25) is 0 Å². The third kappa shape index (κ3) is 4.41. The Hall–Kier alpha value is -4.98. The van der Waals surface area contributed by atoms with Crippen LogP contribution in [0, 0.1) is 0 Å². The molecule has 7 nitrogen and oxygen atoms in total. The van der Waals surface area contributed by atoms with Gasteiger partial charge < -0.3 is 33.7 Å². The van der Waals surface area contributed by atoms with Crippen molar-refractivity contribution in [2.24, 2.45) is 0 Å². The van der Waals surface area contributed by atoms with Gasteiger partial charge in [-0.05, 0) is 71.0 Å². The second kappa shape index (κ2) is 11.6. The molecule has 1 saturated heterocycles. The Balaban J connectivity index is 1.40. The first-order valence-corrected chi connectivity index (χ1v) is 16.5. The molecule has 244 valence electrons. The summed E-state index contributed by atoms with van der Waals surface area (Å²) in [4.78, 5) is 2.35. The summed E-state index contributed by atoms with van der Waals surface area (Å²) in [6.07, 6.45) is 4.77. The largest absolute Gasteiger partial charge is 0.497 e. The molecule has 0 spiro atoms. The van der Waals surface area contributed by atoms with Gasteiger partial charge in [-0.1, -0.05) is 61.5 Å². The summed E-state index contributed by atoms with van der Waals surface area (Å²) in [5.41, 5.74) is 5.51. The van der Waals surface area contributed by atoms with E-state index in [4.69, 9.17) is 23.7 Å². The molecule has 48 heavy (non-hydrogen) atoms. The summed E-state index contributed by atoms with van der Waals surface area (Å²) in [6, 6.07) is 28.8. The first-order valence-electron chi connectivity index (χ1n) is 16.5. The van der Waals surface area contributed by atoms with Crippen LogP contribution in [-0.2, 0) is 15.9 Å². The van der Waals surface area contributed by atoms with Gasteiger partial charge in [0, 0.05) is 46.4 Å². The summed E-state index contributed by atoms with van der Waals surface area (Å²) in [5.74, 6) is 2.66. The minimum Gasteiger partial charge on any atom is -0.497 e. The summed E-state index contributed by atoms with van der Waals surface area (Å²) in [7, 11) is 4.96. The molecule has 0 saturated carbocycles. The number of rotatable bonds is 7. The predicted molar refractivity (Wildman–Crippen MR) is 189 cm³/mol. The Morgan fingerprint density at radius 1 is 0.792 bits per heavy atom. The molecule has 3 aliphatic rings. The Kier molecular flexibility index (Phi) is 7.35. The van der Waals surface area contributed by atoms with E-state index in [2.05, 4.69) is 59.5 Å². The molecule has 0 bridgehead atoms. The lowest BCUT2D eigenvalue weighted by Gasteiger charge is -2.39. The number of ether oxygens (including phenoxy) is 5. The number of benzene rings is 5. The van der Waals surface area contributed by atoms with Crippen molar-refractivity contribution in [1.29, 1.82) is 0 Å². The number of nitrogens with zero attached hydrogens (tertiary/aromatic N) is 1. The average molecular weight is 642 g/mol. The molecular weight excluding hydrogens is 602 g/mol. The van der Waals surface area contributed by atoms with E-state index in [-0.39, 0.29) is 0 Å². The van der Waals surface area contributed by atoms with Crippen LogP contribution in [0.25, 0.3) is 28.0 Å². The maximum Gasteiger partial charge on any atom is 0.178 e. The van der Waals surface area contributed by atoms with Crippen LogP contribution in [0.3, 0.4) is 0 Å².